The van der Waals surface area contributed by atoms with Gasteiger partial charge in [-0.05, 0) is 31.5 Å². The summed E-state index contributed by atoms with van der Waals surface area (Å²) in [5.41, 5.74) is 4.87. The zero-order valence-electron chi connectivity index (χ0n) is 20.5. The van der Waals surface area contributed by atoms with Crippen LogP contribution in [0.4, 0.5) is 10.5 Å². The molecule has 1 aliphatic rings. The maximum Gasteiger partial charge on any atom is 0.327 e. The maximum atomic E-state index is 13.5. The molecule has 0 bridgehead atoms. The van der Waals surface area contributed by atoms with Gasteiger partial charge in [0.2, 0.25) is 5.82 Å². The lowest BCUT2D eigenvalue weighted by Crippen LogP contribution is -2.46. The van der Waals surface area contributed by atoms with E-state index in [0.29, 0.717) is 40.2 Å². The standard InChI is InChI=1S/C28H26N4O4/c1-17-10-12-19(13-11-17)25-24(27-30-26(31-36-27)20-8-6-5-7-9-20)18(2)32(28(33)29-25)21-14-15-22(34-3)23(16-21)35-4/h5-16,25H,1-4H3,(H,29,33). The SMILES string of the molecule is COc1ccc(N2C(=O)NC(c3ccc(C)cc3)C(c3nc(-c4ccccc4)no3)=C2C)cc1OC. The molecule has 1 aromatic heterocycles. The summed E-state index contributed by atoms with van der Waals surface area (Å²) in [6, 6.07) is 22.2. The number of carbonyl (C=O) groups is 1. The molecule has 1 atom stereocenters. The van der Waals surface area contributed by atoms with Gasteiger partial charge in [-0.25, -0.2) is 4.79 Å². The van der Waals surface area contributed by atoms with Gasteiger partial charge in [0.15, 0.2) is 11.5 Å². The Kier molecular flexibility index (Phi) is 6.16. The van der Waals surface area contributed by atoms with Gasteiger partial charge in [0, 0.05) is 17.3 Å². The Morgan fingerprint density at radius 2 is 1.64 bits per heavy atom. The fourth-order valence-corrected chi connectivity index (χ4v) is 4.34. The van der Waals surface area contributed by atoms with Crippen molar-refractivity contribution in [3.8, 4) is 22.9 Å². The van der Waals surface area contributed by atoms with Crippen LogP contribution in [0.2, 0.25) is 0 Å². The maximum absolute atomic E-state index is 13.5. The second kappa shape index (κ2) is 9.58. The Labute approximate surface area is 209 Å². The Bertz CT molecular complexity index is 1430. The number of allylic oxidation sites excluding steroid dienone is 1. The Morgan fingerprint density at radius 1 is 0.917 bits per heavy atom. The highest BCUT2D eigenvalue weighted by molar-refractivity contribution is 6.01. The molecule has 0 spiro atoms. The minimum Gasteiger partial charge on any atom is -0.493 e. The molecule has 1 unspecified atom stereocenters. The van der Waals surface area contributed by atoms with Gasteiger partial charge in [0.25, 0.3) is 5.89 Å². The van der Waals surface area contributed by atoms with Gasteiger partial charge in [-0.2, -0.15) is 4.98 Å². The molecule has 1 N–H and O–H groups in total. The van der Waals surface area contributed by atoms with E-state index in [1.165, 1.54) is 0 Å². The fourth-order valence-electron chi connectivity index (χ4n) is 4.34. The number of aromatic nitrogens is 2. The summed E-state index contributed by atoms with van der Waals surface area (Å²) in [6.07, 6.45) is 0. The normalized spacial score (nSPS) is 15.6. The van der Waals surface area contributed by atoms with Crippen LogP contribution in [0.5, 0.6) is 11.5 Å². The number of hydrogen-bond donors (Lipinski definition) is 1. The van der Waals surface area contributed by atoms with Crippen molar-refractivity contribution in [3.63, 3.8) is 0 Å². The predicted molar refractivity (Wildman–Crippen MR) is 137 cm³/mol. The van der Waals surface area contributed by atoms with E-state index in [1.54, 1.807) is 37.3 Å². The fraction of sp³-hybridized carbons (Fsp3) is 0.179. The van der Waals surface area contributed by atoms with E-state index in [1.807, 2.05) is 68.4 Å². The largest absolute Gasteiger partial charge is 0.493 e. The van der Waals surface area contributed by atoms with Crippen LogP contribution in [0.3, 0.4) is 0 Å². The van der Waals surface area contributed by atoms with E-state index in [9.17, 15) is 4.79 Å². The summed E-state index contributed by atoms with van der Waals surface area (Å²) in [4.78, 5) is 19.7. The summed E-state index contributed by atoms with van der Waals surface area (Å²) >= 11 is 0. The molecule has 0 fully saturated rings. The summed E-state index contributed by atoms with van der Waals surface area (Å²) in [5.74, 6) is 1.90. The molecule has 0 radical (unpaired) electrons. The van der Waals surface area contributed by atoms with Crippen molar-refractivity contribution >= 4 is 17.3 Å². The van der Waals surface area contributed by atoms with Crippen LogP contribution in [0.1, 0.15) is 30.0 Å². The number of anilines is 1. The molecule has 3 aromatic carbocycles. The summed E-state index contributed by atoms with van der Waals surface area (Å²) in [5, 5.41) is 7.34. The van der Waals surface area contributed by atoms with Gasteiger partial charge in [0.05, 0.1) is 31.5 Å². The van der Waals surface area contributed by atoms with E-state index >= 15 is 0 Å². The first-order valence-electron chi connectivity index (χ1n) is 11.5. The number of carbonyl (C=O) groups excluding carboxylic acids is 1. The number of ether oxygens (including phenoxy) is 2. The molecule has 182 valence electrons. The van der Waals surface area contributed by atoms with E-state index in [4.69, 9.17) is 19.0 Å². The Hall–Kier alpha value is -4.59. The number of rotatable bonds is 6. The lowest BCUT2D eigenvalue weighted by molar-refractivity contribution is 0.244. The average Bonchev–Trinajstić information content (AvgIpc) is 3.39. The molecule has 2 amide bonds. The second-order valence-electron chi connectivity index (χ2n) is 8.46. The molecule has 2 heterocycles. The number of aryl methyl sites for hydroxylation is 1. The Balaban J connectivity index is 1.66. The molecule has 1 aliphatic heterocycles. The lowest BCUT2D eigenvalue weighted by atomic mass is 9.94. The molecular formula is C28H26N4O4. The third kappa shape index (κ3) is 4.17. The molecule has 0 aliphatic carbocycles. The van der Waals surface area contributed by atoms with E-state index in [0.717, 1.165) is 16.7 Å². The first-order chi connectivity index (χ1) is 17.5. The molecule has 4 aromatic rings. The molecular weight excluding hydrogens is 456 g/mol. The van der Waals surface area contributed by atoms with Gasteiger partial charge in [-0.15, -0.1) is 0 Å². The number of nitrogens with one attached hydrogen (secondary N) is 1. The third-order valence-corrected chi connectivity index (χ3v) is 6.21. The summed E-state index contributed by atoms with van der Waals surface area (Å²) in [7, 11) is 3.13. The van der Waals surface area contributed by atoms with E-state index in [2.05, 4.69) is 10.5 Å². The zero-order valence-corrected chi connectivity index (χ0v) is 20.5. The average molecular weight is 483 g/mol. The number of methoxy groups -OCH3 is 2. The molecule has 8 heteroatoms. The highest BCUT2D eigenvalue weighted by Gasteiger charge is 2.36. The molecule has 8 nitrogen and oxygen atoms in total. The number of amides is 2. The monoisotopic (exact) mass is 482 g/mol. The van der Waals surface area contributed by atoms with Gasteiger partial charge in [-0.3, -0.25) is 4.90 Å². The topological polar surface area (TPSA) is 89.7 Å². The quantitative estimate of drug-likeness (QED) is 0.376. The number of nitrogens with zero attached hydrogens (tertiary/aromatic N) is 3. The van der Waals surface area contributed by atoms with Crippen molar-refractivity contribution in [2.24, 2.45) is 0 Å². The van der Waals surface area contributed by atoms with E-state index in [-0.39, 0.29) is 6.03 Å². The summed E-state index contributed by atoms with van der Waals surface area (Å²) in [6.45, 7) is 3.90. The lowest BCUT2D eigenvalue weighted by Gasteiger charge is -2.35. The van der Waals surface area contributed by atoms with E-state index < -0.39 is 6.04 Å². The number of urea groups is 1. The van der Waals surface area contributed by atoms with Crippen LogP contribution in [0.15, 0.2) is 83.0 Å². The number of hydrogen-bond acceptors (Lipinski definition) is 6. The predicted octanol–water partition coefficient (Wildman–Crippen LogP) is 5.76. The minimum absolute atomic E-state index is 0.281. The van der Waals surface area contributed by atoms with Crippen molar-refractivity contribution in [3.05, 3.63) is 95.5 Å². The second-order valence-corrected chi connectivity index (χ2v) is 8.46. The third-order valence-electron chi connectivity index (χ3n) is 6.21. The van der Waals surface area contributed by atoms with Gasteiger partial charge in [0.1, 0.15) is 0 Å². The Morgan fingerprint density at radius 3 is 2.33 bits per heavy atom. The van der Waals surface area contributed by atoms with Crippen molar-refractivity contribution in [2.45, 2.75) is 19.9 Å². The molecule has 0 saturated carbocycles. The first-order valence-corrected chi connectivity index (χ1v) is 11.5. The van der Waals surface area contributed by atoms with Crippen LogP contribution in [-0.2, 0) is 0 Å². The van der Waals surface area contributed by atoms with Crippen LogP contribution >= 0.6 is 0 Å². The highest BCUT2D eigenvalue weighted by atomic mass is 16.5. The van der Waals surface area contributed by atoms with Crippen LogP contribution in [-0.4, -0.2) is 30.4 Å². The van der Waals surface area contributed by atoms with Gasteiger partial charge >= 0.3 is 6.03 Å². The first kappa shape index (κ1) is 23.2. The van der Waals surface area contributed by atoms with Crippen molar-refractivity contribution in [1.29, 1.82) is 0 Å². The molecule has 36 heavy (non-hydrogen) atoms. The smallest absolute Gasteiger partial charge is 0.327 e. The van der Waals surface area contributed by atoms with Gasteiger partial charge < -0.3 is 19.3 Å². The zero-order chi connectivity index (χ0) is 25.2. The van der Waals surface area contributed by atoms with Crippen LogP contribution < -0.4 is 19.7 Å². The van der Waals surface area contributed by atoms with Crippen molar-refractivity contribution in [2.75, 3.05) is 19.1 Å². The van der Waals surface area contributed by atoms with Crippen LogP contribution in [0, 0.1) is 6.92 Å². The van der Waals surface area contributed by atoms with Crippen molar-refractivity contribution < 1.29 is 18.8 Å². The summed E-state index contributed by atoms with van der Waals surface area (Å²) < 4.78 is 16.6. The van der Waals surface area contributed by atoms with Gasteiger partial charge in [-0.1, -0.05) is 65.3 Å². The van der Waals surface area contributed by atoms with Crippen LogP contribution in [0.25, 0.3) is 17.0 Å². The highest BCUT2D eigenvalue weighted by Crippen LogP contribution is 2.41. The van der Waals surface area contributed by atoms with Crippen molar-refractivity contribution in [1.82, 2.24) is 15.5 Å². The number of benzene rings is 3. The molecule has 5 rings (SSSR count). The minimum atomic E-state index is -0.474. The molecule has 0 saturated heterocycles.